The predicted molar refractivity (Wildman–Crippen MR) is 158 cm³/mol. The van der Waals surface area contributed by atoms with Crippen LogP contribution in [0.4, 0.5) is 20.4 Å². The second-order valence-corrected chi connectivity index (χ2v) is 10.5. The first-order valence-corrected chi connectivity index (χ1v) is 13.6. The number of nitrogens with one attached hydrogen (secondary N) is 2. The maximum absolute atomic E-state index is 15.8. The number of aromatic amines is 1. The number of alkyl halides is 1. The van der Waals surface area contributed by atoms with Gasteiger partial charge in [0.05, 0.1) is 23.3 Å². The summed E-state index contributed by atoms with van der Waals surface area (Å²) >= 11 is 0. The molecule has 0 spiro atoms. The average molecular weight is 601 g/mol. The Morgan fingerprint density at radius 3 is 2.64 bits per heavy atom. The molecule has 14 heteroatoms. The number of nitrogens with two attached hydrogens (primary N) is 2. The van der Waals surface area contributed by atoms with Gasteiger partial charge in [0.25, 0.3) is 5.91 Å². The molecule has 6 rings (SSSR count). The fourth-order valence-electron chi connectivity index (χ4n) is 5.59. The summed E-state index contributed by atoms with van der Waals surface area (Å²) in [6.07, 6.45) is -1.77. The summed E-state index contributed by atoms with van der Waals surface area (Å²) in [6.45, 7) is 0.629. The van der Waals surface area contributed by atoms with Crippen molar-refractivity contribution in [3.63, 3.8) is 0 Å². The Labute approximate surface area is 248 Å². The zero-order valence-electron chi connectivity index (χ0n) is 23.3. The lowest BCUT2D eigenvalue weighted by atomic mass is 9.99. The molecule has 224 valence electrons. The summed E-state index contributed by atoms with van der Waals surface area (Å²) in [6, 6.07) is 12.9. The monoisotopic (exact) mass is 600 g/mol. The number of para-hydroxylation sites is 1. The van der Waals surface area contributed by atoms with E-state index in [1.807, 2.05) is 0 Å². The van der Waals surface area contributed by atoms with Crippen molar-refractivity contribution in [2.24, 2.45) is 5.73 Å². The molecular weight excluding hydrogens is 574 g/mol. The number of nitrogens with zero attached hydrogens (tertiary/aromatic N) is 4. The molecule has 5 aromatic rings. The van der Waals surface area contributed by atoms with Crippen molar-refractivity contribution in [2.75, 3.05) is 17.6 Å². The van der Waals surface area contributed by atoms with Crippen LogP contribution in [0.25, 0.3) is 33.1 Å². The molecule has 0 aliphatic carbocycles. The molecule has 0 radical (unpaired) electrons. The van der Waals surface area contributed by atoms with Crippen molar-refractivity contribution in [1.29, 1.82) is 0 Å². The number of anilines is 2. The van der Waals surface area contributed by atoms with Gasteiger partial charge in [-0.15, -0.1) is 0 Å². The molecule has 0 saturated carbocycles. The number of H-pyrrole nitrogens is 1. The molecule has 1 aliphatic rings. The number of nitrogen functional groups attached to an aromatic ring is 1. The van der Waals surface area contributed by atoms with Crippen molar-refractivity contribution in [3.05, 3.63) is 71.7 Å². The van der Waals surface area contributed by atoms with E-state index in [0.717, 1.165) is 4.90 Å². The number of rotatable bonds is 7. The SMILES string of the molecule is CC(=O)c1cc(-c2cccc(NC(=O)[C@@H]3C[C@@H](F)CN3C(=O)Cn3nc(C(N)=O)c4ccccc43)c2F)cc2[nH]c(N)nc12. The van der Waals surface area contributed by atoms with Gasteiger partial charge < -0.3 is 26.7 Å². The summed E-state index contributed by atoms with van der Waals surface area (Å²) < 4.78 is 31.7. The summed E-state index contributed by atoms with van der Waals surface area (Å²) in [5.41, 5.74) is 12.9. The summed E-state index contributed by atoms with van der Waals surface area (Å²) in [4.78, 5) is 58.9. The zero-order valence-corrected chi connectivity index (χ0v) is 23.3. The summed E-state index contributed by atoms with van der Waals surface area (Å²) in [7, 11) is 0. The van der Waals surface area contributed by atoms with Crippen LogP contribution in [0, 0.1) is 5.82 Å². The van der Waals surface area contributed by atoms with E-state index in [0.29, 0.717) is 27.5 Å². The highest BCUT2D eigenvalue weighted by Crippen LogP contribution is 2.33. The van der Waals surface area contributed by atoms with Gasteiger partial charge in [-0.05, 0) is 36.8 Å². The number of fused-ring (bicyclic) bond motifs is 2. The molecule has 1 saturated heterocycles. The molecule has 44 heavy (non-hydrogen) atoms. The van der Waals surface area contributed by atoms with Crippen molar-refractivity contribution in [1.82, 2.24) is 24.6 Å². The Morgan fingerprint density at radius 1 is 1.11 bits per heavy atom. The first-order valence-electron chi connectivity index (χ1n) is 13.6. The number of amides is 3. The van der Waals surface area contributed by atoms with Crippen LogP contribution in [-0.2, 0) is 16.1 Å². The third-order valence-corrected chi connectivity index (χ3v) is 7.60. The topological polar surface area (TPSA) is 182 Å². The number of aromatic nitrogens is 4. The van der Waals surface area contributed by atoms with Crippen LogP contribution in [0.5, 0.6) is 0 Å². The number of primary amides is 1. The van der Waals surface area contributed by atoms with Gasteiger partial charge in [-0.25, -0.2) is 13.8 Å². The number of ketones is 1. The van der Waals surface area contributed by atoms with Gasteiger partial charge in [-0.3, -0.25) is 23.9 Å². The minimum atomic E-state index is -1.49. The van der Waals surface area contributed by atoms with Crippen molar-refractivity contribution in [2.45, 2.75) is 32.1 Å². The smallest absolute Gasteiger partial charge is 0.269 e. The van der Waals surface area contributed by atoms with Crippen LogP contribution in [0.2, 0.25) is 0 Å². The first kappa shape index (κ1) is 28.5. The van der Waals surface area contributed by atoms with Gasteiger partial charge >= 0.3 is 0 Å². The number of hydrogen-bond donors (Lipinski definition) is 4. The highest BCUT2D eigenvalue weighted by Gasteiger charge is 2.40. The number of hydrogen-bond acceptors (Lipinski definition) is 7. The summed E-state index contributed by atoms with van der Waals surface area (Å²) in [5.74, 6) is -3.17. The molecule has 2 atom stereocenters. The van der Waals surface area contributed by atoms with E-state index in [1.54, 1.807) is 30.3 Å². The Bertz CT molecular complexity index is 2000. The van der Waals surface area contributed by atoms with Crippen molar-refractivity contribution < 1.29 is 28.0 Å². The van der Waals surface area contributed by atoms with Gasteiger partial charge in [-0.2, -0.15) is 5.10 Å². The van der Waals surface area contributed by atoms with Crippen LogP contribution in [-0.4, -0.2) is 66.9 Å². The molecular formula is C30H26F2N8O4. The lowest BCUT2D eigenvalue weighted by molar-refractivity contribution is -0.137. The van der Waals surface area contributed by atoms with Crippen LogP contribution >= 0.6 is 0 Å². The average Bonchev–Trinajstić information content (AvgIpc) is 3.67. The molecule has 12 nitrogen and oxygen atoms in total. The van der Waals surface area contributed by atoms with Gasteiger partial charge in [-0.1, -0.05) is 30.3 Å². The molecule has 2 aromatic heterocycles. The van der Waals surface area contributed by atoms with E-state index in [2.05, 4.69) is 20.4 Å². The number of likely N-dealkylation sites (tertiary alicyclic amines) is 1. The third-order valence-electron chi connectivity index (χ3n) is 7.60. The maximum Gasteiger partial charge on any atom is 0.269 e. The molecule has 1 aliphatic heterocycles. The molecule has 0 bridgehead atoms. The fraction of sp³-hybridized carbons (Fsp3) is 0.200. The molecule has 6 N–H and O–H groups in total. The van der Waals surface area contributed by atoms with Gasteiger partial charge in [0, 0.05) is 22.9 Å². The second-order valence-electron chi connectivity index (χ2n) is 10.5. The van der Waals surface area contributed by atoms with Gasteiger partial charge in [0.15, 0.2) is 23.2 Å². The molecule has 1 fully saturated rings. The van der Waals surface area contributed by atoms with E-state index in [-0.39, 0.29) is 53.8 Å². The standard InChI is InChI=1S/C30H26F2N8O4/c1-14(41)19-9-15(10-21-26(19)37-30(34)36-21)17-6-4-7-20(25(17)32)35-29(44)23-11-16(31)12-39(23)24(42)13-40-22-8-3-2-5-18(22)27(38-40)28(33)43/h2-10,16,23H,11-13H2,1H3,(H2,33,43)(H,35,44)(H3,34,36,37)/t16-,23+/m1/s1. The highest BCUT2D eigenvalue weighted by atomic mass is 19.1. The van der Waals surface area contributed by atoms with Crippen molar-refractivity contribution >= 4 is 57.1 Å². The zero-order chi connectivity index (χ0) is 31.3. The minimum Gasteiger partial charge on any atom is -0.369 e. The molecule has 3 aromatic carbocycles. The fourth-order valence-corrected chi connectivity index (χ4v) is 5.59. The van der Waals surface area contributed by atoms with E-state index in [9.17, 15) is 23.6 Å². The number of carbonyl (C=O) groups excluding carboxylic acids is 4. The van der Waals surface area contributed by atoms with E-state index >= 15 is 4.39 Å². The Hall–Kier alpha value is -5.66. The molecule has 0 unspecified atom stereocenters. The Balaban J connectivity index is 1.26. The number of Topliss-reactive ketones (excluding diaryl/α,β-unsaturated/α-hetero) is 1. The van der Waals surface area contributed by atoms with Crippen molar-refractivity contribution in [3.8, 4) is 11.1 Å². The second kappa shape index (κ2) is 10.9. The highest BCUT2D eigenvalue weighted by molar-refractivity contribution is 6.07. The van der Waals surface area contributed by atoms with Gasteiger partial charge in [0.1, 0.15) is 24.3 Å². The van der Waals surface area contributed by atoms with Crippen LogP contribution in [0.15, 0.2) is 54.6 Å². The van der Waals surface area contributed by atoms with E-state index < -0.39 is 35.8 Å². The van der Waals surface area contributed by atoms with E-state index in [1.165, 1.54) is 35.9 Å². The van der Waals surface area contributed by atoms with Crippen LogP contribution in [0.1, 0.15) is 34.2 Å². The van der Waals surface area contributed by atoms with Crippen LogP contribution < -0.4 is 16.8 Å². The minimum absolute atomic E-state index is 0.0200. The lowest BCUT2D eigenvalue weighted by Gasteiger charge is -2.24. The Kier molecular flexibility index (Phi) is 7.03. The summed E-state index contributed by atoms with van der Waals surface area (Å²) in [5, 5.41) is 7.11. The van der Waals surface area contributed by atoms with Gasteiger partial charge in [0.2, 0.25) is 11.8 Å². The number of carbonyl (C=O) groups is 4. The normalized spacial score (nSPS) is 16.5. The third kappa shape index (κ3) is 4.99. The number of benzene rings is 3. The predicted octanol–water partition coefficient (Wildman–Crippen LogP) is 3.18. The van der Waals surface area contributed by atoms with E-state index in [4.69, 9.17) is 11.5 Å². The molecule has 3 amide bonds. The molecule has 3 heterocycles. The largest absolute Gasteiger partial charge is 0.369 e. The lowest BCUT2D eigenvalue weighted by Crippen LogP contribution is -2.44. The maximum atomic E-state index is 15.8. The quantitative estimate of drug-likeness (QED) is 0.207. The van der Waals surface area contributed by atoms with Crippen LogP contribution in [0.3, 0.4) is 0 Å². The number of imidazole rings is 1. The number of halogens is 2. The first-order chi connectivity index (χ1) is 21.0. The Morgan fingerprint density at radius 2 is 1.89 bits per heavy atom.